The van der Waals surface area contributed by atoms with Gasteiger partial charge in [-0.15, -0.1) is 0 Å². The van der Waals surface area contributed by atoms with Gasteiger partial charge in [0, 0.05) is 18.2 Å². The van der Waals surface area contributed by atoms with Crippen LogP contribution in [0.15, 0.2) is 6.20 Å². The van der Waals surface area contributed by atoms with E-state index in [4.69, 9.17) is 0 Å². The minimum Gasteiger partial charge on any atom is -0.358 e. The van der Waals surface area contributed by atoms with E-state index in [-0.39, 0.29) is 5.78 Å². The van der Waals surface area contributed by atoms with Gasteiger partial charge in [-0.1, -0.05) is 72.6 Å². The van der Waals surface area contributed by atoms with E-state index in [1.54, 1.807) is 6.20 Å². The summed E-state index contributed by atoms with van der Waals surface area (Å²) >= 11 is 0. The molecule has 26 heavy (non-hydrogen) atoms. The SMILES string of the molecule is Cc1c[nH]c(C=O)c1C(=O)CCCC(C)CCCC(C)CCCC(C)C. The molecular weight excluding hydrogens is 322 g/mol. The van der Waals surface area contributed by atoms with Gasteiger partial charge in [-0.05, 0) is 36.7 Å². The van der Waals surface area contributed by atoms with Gasteiger partial charge in [-0.25, -0.2) is 0 Å². The molecule has 1 N–H and O–H groups in total. The standard InChI is InChI=1S/C23H39NO2/c1-17(2)9-6-10-18(3)11-7-12-19(4)13-8-14-22(26)23-20(5)15-24-21(23)16-25/h15-19,24H,6-14H2,1-5H3. The van der Waals surface area contributed by atoms with E-state index in [0.29, 0.717) is 23.6 Å². The quantitative estimate of drug-likeness (QED) is 0.294. The Bertz CT molecular complexity index is 544. The summed E-state index contributed by atoms with van der Waals surface area (Å²) < 4.78 is 0. The van der Waals surface area contributed by atoms with Crippen LogP contribution >= 0.6 is 0 Å². The third-order valence-electron chi connectivity index (χ3n) is 5.48. The molecule has 0 spiro atoms. The van der Waals surface area contributed by atoms with Crippen LogP contribution in [0.25, 0.3) is 0 Å². The van der Waals surface area contributed by atoms with Crippen molar-refractivity contribution in [1.82, 2.24) is 4.98 Å². The topological polar surface area (TPSA) is 49.9 Å². The highest BCUT2D eigenvalue weighted by atomic mass is 16.1. The zero-order valence-corrected chi connectivity index (χ0v) is 17.6. The number of aryl methyl sites for hydroxylation is 1. The maximum atomic E-state index is 12.4. The smallest absolute Gasteiger partial charge is 0.167 e. The number of rotatable bonds is 14. The largest absolute Gasteiger partial charge is 0.358 e. The molecule has 0 aliphatic rings. The normalized spacial score (nSPS) is 13.8. The molecule has 3 heteroatoms. The number of carbonyl (C=O) groups is 2. The number of Topliss-reactive ketones (excluding diaryl/α,β-unsaturated/α-hetero) is 1. The average molecular weight is 362 g/mol. The molecule has 0 saturated heterocycles. The predicted octanol–water partition coefficient (Wildman–Crippen LogP) is 6.76. The summed E-state index contributed by atoms with van der Waals surface area (Å²) in [6.45, 7) is 11.2. The van der Waals surface area contributed by atoms with Crippen molar-refractivity contribution in [2.45, 2.75) is 92.4 Å². The highest BCUT2D eigenvalue weighted by Gasteiger charge is 2.16. The van der Waals surface area contributed by atoms with Crippen LogP contribution in [0.4, 0.5) is 0 Å². The number of ketones is 1. The lowest BCUT2D eigenvalue weighted by atomic mass is 9.91. The van der Waals surface area contributed by atoms with Crippen LogP contribution in [0.2, 0.25) is 0 Å². The minimum atomic E-state index is 0.0943. The Hall–Kier alpha value is -1.38. The molecule has 0 radical (unpaired) electrons. The van der Waals surface area contributed by atoms with E-state index in [9.17, 15) is 9.59 Å². The van der Waals surface area contributed by atoms with Crippen LogP contribution in [0.1, 0.15) is 112 Å². The monoisotopic (exact) mass is 361 g/mol. The Kier molecular flexibility index (Phi) is 10.5. The molecule has 1 rings (SSSR count). The first-order valence-electron chi connectivity index (χ1n) is 10.5. The average Bonchev–Trinajstić information content (AvgIpc) is 2.95. The molecule has 148 valence electrons. The molecule has 1 heterocycles. The van der Waals surface area contributed by atoms with Crippen molar-refractivity contribution < 1.29 is 9.59 Å². The number of aromatic nitrogens is 1. The van der Waals surface area contributed by atoms with Crippen LogP contribution in [-0.2, 0) is 0 Å². The van der Waals surface area contributed by atoms with Crippen LogP contribution < -0.4 is 0 Å². The highest BCUT2D eigenvalue weighted by molar-refractivity contribution is 6.03. The van der Waals surface area contributed by atoms with E-state index in [1.807, 2.05) is 6.92 Å². The van der Waals surface area contributed by atoms with Crippen molar-refractivity contribution in [3.63, 3.8) is 0 Å². The van der Waals surface area contributed by atoms with Crippen molar-refractivity contribution in [2.24, 2.45) is 17.8 Å². The maximum Gasteiger partial charge on any atom is 0.167 e. The number of H-pyrrole nitrogens is 1. The van der Waals surface area contributed by atoms with Gasteiger partial charge in [0.2, 0.25) is 0 Å². The van der Waals surface area contributed by atoms with E-state index in [0.717, 1.165) is 36.5 Å². The molecule has 3 nitrogen and oxygen atoms in total. The second-order valence-electron chi connectivity index (χ2n) is 8.66. The molecular formula is C23H39NO2. The van der Waals surface area contributed by atoms with Crippen LogP contribution in [0, 0.1) is 24.7 Å². The Morgan fingerprint density at radius 2 is 1.50 bits per heavy atom. The van der Waals surface area contributed by atoms with E-state index in [1.165, 1.54) is 38.5 Å². The fourth-order valence-electron chi connectivity index (χ4n) is 3.72. The Labute approximate surface area is 160 Å². The Morgan fingerprint density at radius 3 is 2.04 bits per heavy atom. The molecule has 1 aromatic rings. The first-order chi connectivity index (χ1) is 12.3. The van der Waals surface area contributed by atoms with Gasteiger partial charge >= 0.3 is 0 Å². The van der Waals surface area contributed by atoms with Crippen LogP contribution in [0.5, 0.6) is 0 Å². The molecule has 0 aliphatic heterocycles. The maximum absolute atomic E-state index is 12.4. The van der Waals surface area contributed by atoms with Gasteiger partial charge in [0.05, 0.1) is 5.69 Å². The Balaban J connectivity index is 2.18. The lowest BCUT2D eigenvalue weighted by molar-refractivity contribution is 0.0971. The first kappa shape index (κ1) is 22.7. The van der Waals surface area contributed by atoms with Gasteiger partial charge in [0.15, 0.2) is 12.1 Å². The van der Waals surface area contributed by atoms with Gasteiger partial charge in [0.1, 0.15) is 0 Å². The van der Waals surface area contributed by atoms with Gasteiger partial charge in [-0.3, -0.25) is 9.59 Å². The molecule has 2 atom stereocenters. The minimum absolute atomic E-state index is 0.0943. The van der Waals surface area contributed by atoms with E-state index in [2.05, 4.69) is 32.7 Å². The van der Waals surface area contributed by atoms with Crippen molar-refractivity contribution in [3.8, 4) is 0 Å². The summed E-state index contributed by atoms with van der Waals surface area (Å²) in [5, 5.41) is 0. The number of aromatic amines is 1. The van der Waals surface area contributed by atoms with Crippen molar-refractivity contribution in [2.75, 3.05) is 0 Å². The second-order valence-corrected chi connectivity index (χ2v) is 8.66. The predicted molar refractivity (Wildman–Crippen MR) is 110 cm³/mol. The number of hydrogen-bond donors (Lipinski definition) is 1. The molecule has 0 aromatic carbocycles. The van der Waals surface area contributed by atoms with Crippen molar-refractivity contribution >= 4 is 12.1 Å². The molecule has 2 unspecified atom stereocenters. The first-order valence-corrected chi connectivity index (χ1v) is 10.5. The van der Waals surface area contributed by atoms with Crippen molar-refractivity contribution in [3.05, 3.63) is 23.0 Å². The Morgan fingerprint density at radius 1 is 0.962 bits per heavy atom. The lowest BCUT2D eigenvalue weighted by Crippen LogP contribution is -2.05. The summed E-state index contributed by atoms with van der Waals surface area (Å²) in [6.07, 6.45) is 13.0. The molecule has 0 fully saturated rings. The van der Waals surface area contributed by atoms with Gasteiger partial charge in [-0.2, -0.15) is 0 Å². The third-order valence-corrected chi connectivity index (χ3v) is 5.48. The number of hydrogen-bond acceptors (Lipinski definition) is 2. The van der Waals surface area contributed by atoms with Crippen LogP contribution in [0.3, 0.4) is 0 Å². The highest BCUT2D eigenvalue weighted by Crippen LogP contribution is 2.22. The zero-order valence-electron chi connectivity index (χ0n) is 17.6. The summed E-state index contributed by atoms with van der Waals surface area (Å²) in [6, 6.07) is 0. The summed E-state index contributed by atoms with van der Waals surface area (Å²) in [7, 11) is 0. The summed E-state index contributed by atoms with van der Waals surface area (Å²) in [5.41, 5.74) is 1.88. The number of carbonyl (C=O) groups excluding carboxylic acids is 2. The van der Waals surface area contributed by atoms with Crippen LogP contribution in [-0.4, -0.2) is 17.1 Å². The third kappa shape index (κ3) is 8.33. The molecule has 0 saturated carbocycles. The fourth-order valence-corrected chi connectivity index (χ4v) is 3.72. The number of aldehydes is 1. The van der Waals surface area contributed by atoms with E-state index < -0.39 is 0 Å². The molecule has 0 aliphatic carbocycles. The second kappa shape index (κ2) is 12.1. The summed E-state index contributed by atoms with van der Waals surface area (Å²) in [4.78, 5) is 26.3. The lowest BCUT2D eigenvalue weighted by Gasteiger charge is -2.15. The fraction of sp³-hybridized carbons (Fsp3) is 0.739. The van der Waals surface area contributed by atoms with Gasteiger partial charge in [0.25, 0.3) is 0 Å². The zero-order chi connectivity index (χ0) is 19.5. The van der Waals surface area contributed by atoms with Crippen molar-refractivity contribution in [1.29, 1.82) is 0 Å². The molecule has 0 amide bonds. The molecule has 0 bridgehead atoms. The number of nitrogens with one attached hydrogen (secondary N) is 1. The summed E-state index contributed by atoms with van der Waals surface area (Å²) in [5.74, 6) is 2.42. The van der Waals surface area contributed by atoms with Gasteiger partial charge < -0.3 is 4.98 Å². The van der Waals surface area contributed by atoms with E-state index >= 15 is 0 Å². The molecule has 1 aromatic heterocycles.